The van der Waals surface area contributed by atoms with E-state index in [-0.39, 0.29) is 10.7 Å². The van der Waals surface area contributed by atoms with Crippen LogP contribution in [0.5, 0.6) is 0 Å². The third-order valence-corrected chi connectivity index (χ3v) is 2.41. The molecule has 0 N–H and O–H groups in total. The SMILES string of the molecule is Cc1cccc2nc(C(F)(F)F)nc(Cl)c12. The summed E-state index contributed by atoms with van der Waals surface area (Å²) in [5.41, 5.74) is 0.948. The Kier molecular flexibility index (Phi) is 2.50. The van der Waals surface area contributed by atoms with E-state index < -0.39 is 12.0 Å². The van der Waals surface area contributed by atoms with E-state index in [1.54, 1.807) is 19.1 Å². The van der Waals surface area contributed by atoms with Gasteiger partial charge in [0.1, 0.15) is 5.15 Å². The molecule has 0 fully saturated rings. The highest BCUT2D eigenvalue weighted by Crippen LogP contribution is 2.31. The van der Waals surface area contributed by atoms with Crippen LogP contribution in [0.4, 0.5) is 13.2 Å². The molecule has 0 atom stereocenters. The molecule has 0 saturated carbocycles. The molecule has 0 aliphatic heterocycles. The number of aryl methyl sites for hydroxylation is 1. The number of halogens is 4. The lowest BCUT2D eigenvalue weighted by atomic mass is 10.1. The van der Waals surface area contributed by atoms with Crippen molar-refractivity contribution in [3.05, 3.63) is 34.7 Å². The second-order valence-electron chi connectivity index (χ2n) is 3.30. The highest BCUT2D eigenvalue weighted by atomic mass is 35.5. The molecule has 0 saturated heterocycles. The lowest BCUT2D eigenvalue weighted by Crippen LogP contribution is -2.11. The van der Waals surface area contributed by atoms with Crippen molar-refractivity contribution >= 4 is 22.5 Å². The Labute approximate surface area is 94.1 Å². The van der Waals surface area contributed by atoms with E-state index in [4.69, 9.17) is 11.6 Å². The number of aromatic nitrogens is 2. The van der Waals surface area contributed by atoms with Gasteiger partial charge < -0.3 is 0 Å². The molecule has 2 rings (SSSR count). The Morgan fingerprint density at radius 3 is 2.50 bits per heavy atom. The second-order valence-corrected chi connectivity index (χ2v) is 3.66. The van der Waals surface area contributed by atoms with Gasteiger partial charge in [0.2, 0.25) is 5.82 Å². The minimum atomic E-state index is -4.58. The first kappa shape index (κ1) is 11.1. The summed E-state index contributed by atoms with van der Waals surface area (Å²) < 4.78 is 37.2. The standard InChI is InChI=1S/C10H6ClF3N2/c1-5-3-2-4-6-7(5)8(11)16-9(15-6)10(12,13)14/h2-4H,1H3. The Balaban J connectivity index is 2.79. The van der Waals surface area contributed by atoms with Crippen LogP contribution in [0.3, 0.4) is 0 Å². The van der Waals surface area contributed by atoms with E-state index in [2.05, 4.69) is 9.97 Å². The van der Waals surface area contributed by atoms with Gasteiger partial charge in [-0.05, 0) is 18.6 Å². The van der Waals surface area contributed by atoms with Crippen molar-refractivity contribution in [2.75, 3.05) is 0 Å². The Bertz CT molecular complexity index is 551. The van der Waals surface area contributed by atoms with Gasteiger partial charge >= 0.3 is 6.18 Å². The average Bonchev–Trinajstić information content (AvgIpc) is 2.15. The van der Waals surface area contributed by atoms with E-state index >= 15 is 0 Å². The van der Waals surface area contributed by atoms with Crippen LogP contribution in [0.2, 0.25) is 5.15 Å². The smallest absolute Gasteiger partial charge is 0.224 e. The largest absolute Gasteiger partial charge is 0.451 e. The number of alkyl halides is 3. The fourth-order valence-electron chi connectivity index (χ4n) is 1.43. The Morgan fingerprint density at radius 2 is 1.88 bits per heavy atom. The number of hydrogen-bond donors (Lipinski definition) is 0. The average molecular weight is 247 g/mol. The fraction of sp³-hybridized carbons (Fsp3) is 0.200. The van der Waals surface area contributed by atoms with Gasteiger partial charge in [0.05, 0.1) is 5.52 Å². The third-order valence-electron chi connectivity index (χ3n) is 2.14. The molecule has 0 bridgehead atoms. The molecule has 0 spiro atoms. The molecule has 2 aromatic rings. The third kappa shape index (κ3) is 1.82. The van der Waals surface area contributed by atoms with E-state index in [1.165, 1.54) is 6.07 Å². The van der Waals surface area contributed by atoms with Crippen LogP contribution < -0.4 is 0 Å². The topological polar surface area (TPSA) is 25.8 Å². The maximum Gasteiger partial charge on any atom is 0.451 e. The van der Waals surface area contributed by atoms with Gasteiger partial charge in [-0.3, -0.25) is 0 Å². The Morgan fingerprint density at radius 1 is 1.19 bits per heavy atom. The van der Waals surface area contributed by atoms with E-state index in [0.29, 0.717) is 5.39 Å². The van der Waals surface area contributed by atoms with E-state index in [1.807, 2.05) is 0 Å². The number of rotatable bonds is 0. The van der Waals surface area contributed by atoms with Gasteiger partial charge in [-0.2, -0.15) is 13.2 Å². The minimum absolute atomic E-state index is 0.171. The first-order valence-corrected chi connectivity index (χ1v) is 4.77. The molecular weight excluding hydrogens is 241 g/mol. The van der Waals surface area contributed by atoms with Crippen LogP contribution in [-0.2, 0) is 6.18 Å². The summed E-state index contributed by atoms with van der Waals surface area (Å²) in [5, 5.41) is 0.285. The normalized spacial score (nSPS) is 12.1. The minimum Gasteiger partial charge on any atom is -0.224 e. The van der Waals surface area contributed by atoms with Crippen LogP contribution in [0.15, 0.2) is 18.2 Å². The molecule has 1 aromatic heterocycles. The molecule has 1 aromatic carbocycles. The maximum atomic E-state index is 12.4. The van der Waals surface area contributed by atoms with Gasteiger partial charge in [0.15, 0.2) is 0 Å². The van der Waals surface area contributed by atoms with Gasteiger partial charge in [0.25, 0.3) is 0 Å². The lowest BCUT2D eigenvalue weighted by Gasteiger charge is -2.08. The van der Waals surface area contributed by atoms with Crippen molar-refractivity contribution in [1.82, 2.24) is 9.97 Å². The molecule has 0 aliphatic rings. The second kappa shape index (κ2) is 3.59. The lowest BCUT2D eigenvalue weighted by molar-refractivity contribution is -0.144. The highest BCUT2D eigenvalue weighted by molar-refractivity contribution is 6.34. The van der Waals surface area contributed by atoms with Crippen molar-refractivity contribution in [2.45, 2.75) is 13.1 Å². The molecule has 0 unspecified atom stereocenters. The summed E-state index contributed by atoms with van der Waals surface area (Å²) in [6.07, 6.45) is -4.58. The summed E-state index contributed by atoms with van der Waals surface area (Å²) in [6, 6.07) is 4.84. The fourth-order valence-corrected chi connectivity index (χ4v) is 1.75. The van der Waals surface area contributed by atoms with Gasteiger partial charge in [-0.15, -0.1) is 0 Å². The molecular formula is C10H6ClF3N2. The van der Waals surface area contributed by atoms with Crippen molar-refractivity contribution in [1.29, 1.82) is 0 Å². The van der Waals surface area contributed by atoms with E-state index in [9.17, 15) is 13.2 Å². The van der Waals surface area contributed by atoms with Gasteiger partial charge in [-0.25, -0.2) is 9.97 Å². The summed E-state index contributed by atoms with van der Waals surface area (Å²) in [5.74, 6) is -1.21. The summed E-state index contributed by atoms with van der Waals surface area (Å²) in [4.78, 5) is 6.71. The number of fused-ring (bicyclic) bond motifs is 1. The zero-order valence-corrected chi connectivity index (χ0v) is 8.89. The van der Waals surface area contributed by atoms with Crippen molar-refractivity contribution in [3.63, 3.8) is 0 Å². The summed E-state index contributed by atoms with van der Waals surface area (Å²) in [7, 11) is 0. The summed E-state index contributed by atoms with van der Waals surface area (Å²) in [6.45, 7) is 1.74. The molecule has 0 amide bonds. The monoisotopic (exact) mass is 246 g/mol. The van der Waals surface area contributed by atoms with Crippen molar-refractivity contribution < 1.29 is 13.2 Å². The Hall–Kier alpha value is -1.36. The molecule has 84 valence electrons. The molecule has 0 aliphatic carbocycles. The first-order valence-electron chi connectivity index (χ1n) is 4.39. The number of nitrogens with zero attached hydrogens (tertiary/aromatic N) is 2. The molecule has 1 heterocycles. The van der Waals surface area contributed by atoms with Gasteiger partial charge in [-0.1, -0.05) is 23.7 Å². The van der Waals surface area contributed by atoms with Gasteiger partial charge in [0, 0.05) is 5.39 Å². The zero-order valence-electron chi connectivity index (χ0n) is 8.14. The van der Waals surface area contributed by atoms with Crippen LogP contribution in [0, 0.1) is 6.92 Å². The summed E-state index contributed by atoms with van der Waals surface area (Å²) >= 11 is 5.72. The molecule has 0 radical (unpaired) electrons. The van der Waals surface area contributed by atoms with Crippen molar-refractivity contribution in [3.8, 4) is 0 Å². The zero-order chi connectivity index (χ0) is 11.9. The van der Waals surface area contributed by atoms with E-state index in [0.717, 1.165) is 5.56 Å². The highest BCUT2D eigenvalue weighted by Gasteiger charge is 2.35. The predicted molar refractivity (Wildman–Crippen MR) is 54.3 cm³/mol. The van der Waals surface area contributed by atoms with Crippen molar-refractivity contribution in [2.24, 2.45) is 0 Å². The molecule has 16 heavy (non-hydrogen) atoms. The maximum absolute atomic E-state index is 12.4. The predicted octanol–water partition coefficient (Wildman–Crippen LogP) is 3.61. The molecule has 2 nitrogen and oxygen atoms in total. The quantitative estimate of drug-likeness (QED) is 0.664. The number of hydrogen-bond acceptors (Lipinski definition) is 2. The van der Waals surface area contributed by atoms with Crippen LogP contribution in [0.25, 0.3) is 10.9 Å². The first-order chi connectivity index (χ1) is 7.39. The van der Waals surface area contributed by atoms with Crippen LogP contribution >= 0.6 is 11.6 Å². The number of benzene rings is 1. The molecule has 6 heteroatoms. The van der Waals surface area contributed by atoms with Crippen LogP contribution in [0.1, 0.15) is 11.4 Å². The van der Waals surface area contributed by atoms with Crippen LogP contribution in [-0.4, -0.2) is 9.97 Å².